The van der Waals surface area contributed by atoms with Crippen molar-refractivity contribution in [3.8, 4) is 17.2 Å². The maximum atomic E-state index is 13.3. The molecule has 0 spiro atoms. The Morgan fingerprint density at radius 1 is 0.966 bits per heavy atom. The Hall–Kier alpha value is -2.54. The van der Waals surface area contributed by atoms with Gasteiger partial charge in [0.1, 0.15) is 5.75 Å². The molecule has 7 nitrogen and oxygen atoms in total. The fraction of sp³-hybridized carbons (Fsp3) is 0.545. The first-order chi connectivity index (χ1) is 13.6. The molecule has 1 atom stereocenters. The minimum atomic E-state index is -0.382. The lowest BCUT2D eigenvalue weighted by Crippen LogP contribution is -2.49. The molecular formula is C22H30N2O5. The number of methoxy groups -OCH3 is 3. The first-order valence-corrected chi connectivity index (χ1v) is 9.70. The van der Waals surface area contributed by atoms with Crippen LogP contribution in [0.2, 0.25) is 0 Å². The fourth-order valence-corrected chi connectivity index (χ4v) is 4.46. The van der Waals surface area contributed by atoms with Crippen LogP contribution in [-0.2, 0) is 9.59 Å². The van der Waals surface area contributed by atoms with E-state index in [-0.39, 0.29) is 29.4 Å². The van der Waals surface area contributed by atoms with Crippen LogP contribution in [0.1, 0.15) is 44.6 Å². The van der Waals surface area contributed by atoms with Crippen molar-refractivity contribution in [2.75, 3.05) is 35.4 Å². The maximum absolute atomic E-state index is 13.3. The summed E-state index contributed by atoms with van der Waals surface area (Å²) in [6.07, 6.45) is 1.30. The summed E-state index contributed by atoms with van der Waals surface area (Å²) in [5.41, 5.74) is 2.04. The van der Waals surface area contributed by atoms with Gasteiger partial charge in [0.15, 0.2) is 17.3 Å². The third kappa shape index (κ3) is 3.71. The van der Waals surface area contributed by atoms with Gasteiger partial charge in [0.05, 0.1) is 21.3 Å². The second-order valence-electron chi connectivity index (χ2n) is 8.56. The summed E-state index contributed by atoms with van der Waals surface area (Å²) in [6, 6.07) is 3.56. The summed E-state index contributed by atoms with van der Waals surface area (Å²) in [4.78, 5) is 26.4. The van der Waals surface area contributed by atoms with Crippen molar-refractivity contribution in [3.63, 3.8) is 0 Å². The molecule has 1 aliphatic carbocycles. The fourth-order valence-electron chi connectivity index (χ4n) is 4.46. The first-order valence-electron chi connectivity index (χ1n) is 9.70. The summed E-state index contributed by atoms with van der Waals surface area (Å²) in [7, 11) is 8.34. The average molecular weight is 402 g/mol. The van der Waals surface area contributed by atoms with Gasteiger partial charge in [-0.1, -0.05) is 13.8 Å². The van der Waals surface area contributed by atoms with Crippen LogP contribution in [0.15, 0.2) is 23.4 Å². The number of Topliss-reactive ketones (excluding diaryl/α,β-unsaturated/α-hetero) is 1. The van der Waals surface area contributed by atoms with Crippen molar-refractivity contribution in [2.24, 2.45) is 5.41 Å². The zero-order chi connectivity index (χ0) is 21.5. The third-order valence-electron chi connectivity index (χ3n) is 5.63. The van der Waals surface area contributed by atoms with E-state index in [1.54, 1.807) is 37.4 Å². The molecule has 7 heteroatoms. The van der Waals surface area contributed by atoms with E-state index in [9.17, 15) is 9.59 Å². The van der Waals surface area contributed by atoms with Gasteiger partial charge in [-0.15, -0.1) is 0 Å². The van der Waals surface area contributed by atoms with Crippen LogP contribution in [0.5, 0.6) is 17.2 Å². The van der Waals surface area contributed by atoms with Gasteiger partial charge >= 0.3 is 0 Å². The predicted octanol–water partition coefficient (Wildman–Crippen LogP) is 3.15. The lowest BCUT2D eigenvalue weighted by molar-refractivity contribution is -0.143. The minimum absolute atomic E-state index is 0.0407. The number of nitrogens with zero attached hydrogens (tertiary/aromatic N) is 2. The number of ether oxygens (including phenoxy) is 3. The molecule has 0 aromatic heterocycles. The van der Waals surface area contributed by atoms with E-state index in [0.29, 0.717) is 35.7 Å². The standard InChI is InChI=1S/C22H30N2O5/c1-22(2)11-15-21(16(25)12-22)14(9-20(26)24(15)23(3)4)13-8-18(28-6)19(29-7)10-17(13)27-5/h8,10,14H,9,11-12H2,1-7H3/t14-/m1/s1. The Morgan fingerprint density at radius 3 is 2.10 bits per heavy atom. The zero-order valence-electron chi connectivity index (χ0n) is 18.3. The lowest BCUT2D eigenvalue weighted by atomic mass is 9.69. The second kappa shape index (κ2) is 7.71. The highest BCUT2D eigenvalue weighted by atomic mass is 16.5. The lowest BCUT2D eigenvalue weighted by Gasteiger charge is -2.44. The van der Waals surface area contributed by atoms with E-state index in [0.717, 1.165) is 11.3 Å². The van der Waals surface area contributed by atoms with Crippen LogP contribution in [0.3, 0.4) is 0 Å². The quantitative estimate of drug-likeness (QED) is 0.754. The molecule has 0 N–H and O–H groups in total. The predicted molar refractivity (Wildman–Crippen MR) is 109 cm³/mol. The summed E-state index contributed by atoms with van der Waals surface area (Å²) >= 11 is 0. The van der Waals surface area contributed by atoms with E-state index < -0.39 is 0 Å². The molecular weight excluding hydrogens is 372 g/mol. The molecule has 0 fully saturated rings. The van der Waals surface area contributed by atoms with Crippen LogP contribution >= 0.6 is 0 Å². The van der Waals surface area contributed by atoms with Crippen LogP contribution in [0, 0.1) is 5.41 Å². The maximum Gasteiger partial charge on any atom is 0.242 e. The molecule has 0 bridgehead atoms. The molecule has 0 unspecified atom stereocenters. The largest absolute Gasteiger partial charge is 0.496 e. The van der Waals surface area contributed by atoms with Crippen molar-refractivity contribution >= 4 is 11.7 Å². The Morgan fingerprint density at radius 2 is 1.55 bits per heavy atom. The Bertz CT molecular complexity index is 872. The molecule has 1 heterocycles. The number of allylic oxidation sites excluding steroid dienone is 2. The summed E-state index contributed by atoms with van der Waals surface area (Å²) in [6.45, 7) is 4.13. The van der Waals surface area contributed by atoms with Gasteiger partial charge in [0, 0.05) is 55.8 Å². The molecule has 1 aromatic rings. The average Bonchev–Trinajstić information content (AvgIpc) is 2.64. The first kappa shape index (κ1) is 21.2. The van der Waals surface area contributed by atoms with Crippen LogP contribution in [0.4, 0.5) is 0 Å². The SMILES string of the molecule is COc1cc(OC)c([C@H]2CC(=O)N(N(C)C)C3=C2C(=O)CC(C)(C)C3)cc1OC. The van der Waals surface area contributed by atoms with Crippen molar-refractivity contribution in [2.45, 2.75) is 39.0 Å². The van der Waals surface area contributed by atoms with Gasteiger partial charge < -0.3 is 14.2 Å². The van der Waals surface area contributed by atoms with Crippen molar-refractivity contribution < 1.29 is 23.8 Å². The number of benzene rings is 1. The number of hydrazine groups is 1. The number of rotatable bonds is 5. The topological polar surface area (TPSA) is 68.3 Å². The van der Waals surface area contributed by atoms with Gasteiger partial charge in [-0.25, -0.2) is 10.0 Å². The molecule has 29 heavy (non-hydrogen) atoms. The molecule has 1 amide bonds. The molecule has 0 saturated heterocycles. The Kier molecular flexibility index (Phi) is 5.63. The Labute approximate surface area is 172 Å². The number of ketones is 1. The van der Waals surface area contributed by atoms with Gasteiger partial charge in [-0.2, -0.15) is 0 Å². The van der Waals surface area contributed by atoms with Crippen molar-refractivity contribution in [1.82, 2.24) is 10.0 Å². The van der Waals surface area contributed by atoms with E-state index in [1.807, 2.05) is 20.2 Å². The number of hydrogen-bond donors (Lipinski definition) is 0. The summed E-state index contributed by atoms with van der Waals surface area (Å²) in [5, 5.41) is 3.41. The number of hydrogen-bond acceptors (Lipinski definition) is 6. The number of carbonyl (C=O) groups excluding carboxylic acids is 2. The van der Waals surface area contributed by atoms with Gasteiger partial charge in [0.2, 0.25) is 5.91 Å². The zero-order valence-corrected chi connectivity index (χ0v) is 18.3. The molecule has 1 aliphatic heterocycles. The van der Waals surface area contributed by atoms with E-state index >= 15 is 0 Å². The molecule has 1 aromatic carbocycles. The number of carbonyl (C=O) groups is 2. The van der Waals surface area contributed by atoms with Crippen molar-refractivity contribution in [3.05, 3.63) is 29.0 Å². The molecule has 2 aliphatic rings. The van der Waals surface area contributed by atoms with Gasteiger partial charge in [-0.05, 0) is 17.9 Å². The van der Waals surface area contributed by atoms with Crippen LogP contribution < -0.4 is 14.2 Å². The Balaban J connectivity index is 2.24. The van der Waals surface area contributed by atoms with E-state index in [4.69, 9.17) is 14.2 Å². The van der Waals surface area contributed by atoms with Gasteiger partial charge in [0.25, 0.3) is 0 Å². The minimum Gasteiger partial charge on any atom is -0.496 e. The molecule has 0 saturated carbocycles. The highest BCUT2D eigenvalue weighted by Gasteiger charge is 2.45. The van der Waals surface area contributed by atoms with Crippen LogP contribution in [0.25, 0.3) is 0 Å². The smallest absolute Gasteiger partial charge is 0.242 e. The van der Waals surface area contributed by atoms with E-state index in [2.05, 4.69) is 13.8 Å². The van der Waals surface area contributed by atoms with Crippen LogP contribution in [-0.4, -0.2) is 57.1 Å². The summed E-state index contributed by atoms with van der Waals surface area (Å²) in [5.74, 6) is 1.31. The molecule has 3 rings (SSSR count). The summed E-state index contributed by atoms with van der Waals surface area (Å²) < 4.78 is 16.4. The monoisotopic (exact) mass is 402 g/mol. The van der Waals surface area contributed by atoms with Crippen molar-refractivity contribution in [1.29, 1.82) is 0 Å². The third-order valence-corrected chi connectivity index (χ3v) is 5.63. The van der Waals surface area contributed by atoms with Gasteiger partial charge in [-0.3, -0.25) is 9.59 Å². The highest BCUT2D eigenvalue weighted by Crippen LogP contribution is 2.50. The molecule has 158 valence electrons. The normalized spacial score (nSPS) is 21.4. The van der Waals surface area contributed by atoms with E-state index in [1.165, 1.54) is 0 Å². The second-order valence-corrected chi connectivity index (χ2v) is 8.56. The highest BCUT2D eigenvalue weighted by molar-refractivity contribution is 6.02. The molecule has 0 radical (unpaired) electrons. The number of amides is 1.